The molecule has 1 heteroatoms. The Morgan fingerprint density at radius 1 is 1.22 bits per heavy atom. The van der Waals surface area contributed by atoms with Crippen molar-refractivity contribution in [2.45, 2.75) is 46.5 Å². The Morgan fingerprint density at radius 3 is 2.83 bits per heavy atom. The number of benzene rings is 1. The number of aryl methyl sites for hydroxylation is 1. The van der Waals surface area contributed by atoms with Crippen LogP contribution in [0.15, 0.2) is 41.1 Å². The third kappa shape index (κ3) is 3.02. The van der Waals surface area contributed by atoms with Gasteiger partial charge in [0.25, 0.3) is 0 Å². The monoisotopic (exact) mass is 256 g/mol. The van der Waals surface area contributed by atoms with Gasteiger partial charge in [-0.3, -0.25) is 0 Å². The van der Waals surface area contributed by atoms with Crippen molar-refractivity contribution >= 4 is 14.7 Å². The molecular formula is C17H24Si. The van der Waals surface area contributed by atoms with E-state index >= 15 is 0 Å². The summed E-state index contributed by atoms with van der Waals surface area (Å²) in [5.74, 6) is 0. The van der Waals surface area contributed by atoms with Gasteiger partial charge in [0.05, 0.1) is 9.52 Å². The van der Waals surface area contributed by atoms with Gasteiger partial charge in [0.15, 0.2) is 0 Å². The van der Waals surface area contributed by atoms with Gasteiger partial charge >= 0.3 is 0 Å². The van der Waals surface area contributed by atoms with Crippen LogP contribution >= 0.6 is 0 Å². The molecule has 0 heterocycles. The van der Waals surface area contributed by atoms with Crippen LogP contribution in [-0.4, -0.2) is 9.52 Å². The second-order valence-electron chi connectivity index (χ2n) is 5.37. The van der Waals surface area contributed by atoms with Gasteiger partial charge in [-0.1, -0.05) is 59.7 Å². The highest BCUT2D eigenvalue weighted by Gasteiger charge is 2.11. The van der Waals surface area contributed by atoms with Crippen molar-refractivity contribution in [3.05, 3.63) is 52.2 Å². The predicted octanol–water partition coefficient (Wildman–Crippen LogP) is 3.50. The number of allylic oxidation sites excluding steroid dienone is 4. The van der Waals surface area contributed by atoms with E-state index in [0.717, 1.165) is 0 Å². The summed E-state index contributed by atoms with van der Waals surface area (Å²) in [7, 11) is -0.244. The molecule has 0 nitrogen and oxygen atoms in total. The molecule has 0 unspecified atom stereocenters. The predicted molar refractivity (Wildman–Crippen MR) is 84.4 cm³/mol. The maximum atomic E-state index is 2.38. The summed E-state index contributed by atoms with van der Waals surface area (Å²) >= 11 is 0. The zero-order chi connectivity index (χ0) is 13.0. The van der Waals surface area contributed by atoms with Crippen LogP contribution in [0.1, 0.15) is 43.7 Å². The van der Waals surface area contributed by atoms with Crippen molar-refractivity contribution < 1.29 is 0 Å². The van der Waals surface area contributed by atoms with E-state index in [1.54, 1.807) is 16.0 Å². The van der Waals surface area contributed by atoms with E-state index in [2.05, 4.69) is 51.1 Å². The summed E-state index contributed by atoms with van der Waals surface area (Å²) in [4.78, 5) is 0. The molecule has 0 saturated carbocycles. The highest BCUT2D eigenvalue weighted by Crippen LogP contribution is 2.23. The first-order valence-corrected chi connectivity index (χ1v) is 8.56. The van der Waals surface area contributed by atoms with E-state index < -0.39 is 0 Å². The van der Waals surface area contributed by atoms with Gasteiger partial charge in [0.2, 0.25) is 0 Å². The van der Waals surface area contributed by atoms with E-state index in [1.165, 1.54) is 36.8 Å². The average molecular weight is 256 g/mol. The minimum atomic E-state index is -0.244. The zero-order valence-corrected chi connectivity index (χ0v) is 13.3. The van der Waals surface area contributed by atoms with Crippen LogP contribution in [0.25, 0.3) is 0 Å². The van der Waals surface area contributed by atoms with Crippen molar-refractivity contribution in [2.75, 3.05) is 0 Å². The van der Waals surface area contributed by atoms with Gasteiger partial charge in [0, 0.05) is 0 Å². The molecule has 1 aliphatic rings. The van der Waals surface area contributed by atoms with Gasteiger partial charge in [0.1, 0.15) is 0 Å². The van der Waals surface area contributed by atoms with E-state index in [9.17, 15) is 0 Å². The number of rotatable bonds is 5. The number of hydrogen-bond donors (Lipinski definition) is 0. The first kappa shape index (κ1) is 13.4. The van der Waals surface area contributed by atoms with Crippen LogP contribution in [0, 0.1) is 13.8 Å². The van der Waals surface area contributed by atoms with Crippen molar-refractivity contribution in [2.24, 2.45) is 0 Å². The molecule has 0 aliphatic heterocycles. The highest BCUT2D eigenvalue weighted by molar-refractivity contribution is 6.62. The highest BCUT2D eigenvalue weighted by atomic mass is 28.2. The lowest BCUT2D eigenvalue weighted by Crippen LogP contribution is -2.20. The molecule has 0 bridgehead atoms. The minimum Gasteiger partial charge on any atom is -0.0806 e. The summed E-state index contributed by atoms with van der Waals surface area (Å²) in [5, 5.41) is 3.42. The lowest BCUT2D eigenvalue weighted by molar-refractivity contribution is 0.797. The van der Waals surface area contributed by atoms with E-state index in [1.807, 2.05) is 0 Å². The van der Waals surface area contributed by atoms with Crippen molar-refractivity contribution in [1.29, 1.82) is 0 Å². The topological polar surface area (TPSA) is 0 Å². The summed E-state index contributed by atoms with van der Waals surface area (Å²) in [5.41, 5.74) is 4.63. The maximum absolute atomic E-state index is 2.38. The standard InChI is InChI=1S/C17H24Si/c1-4-5-9-15-10-7-12-17(15)18-16-11-6-8-13(2)14(16)3/h6-8,10-11H,4-5,9,12,18H2,1-3H3. The van der Waals surface area contributed by atoms with Crippen molar-refractivity contribution in [3.8, 4) is 0 Å². The molecule has 2 rings (SSSR count). The Balaban J connectivity index is 2.15. The molecule has 1 aliphatic carbocycles. The molecule has 0 amide bonds. The molecule has 0 radical (unpaired) electrons. The molecule has 18 heavy (non-hydrogen) atoms. The second-order valence-corrected chi connectivity index (χ2v) is 7.34. The molecule has 0 N–H and O–H groups in total. The average Bonchev–Trinajstić information content (AvgIpc) is 2.80. The van der Waals surface area contributed by atoms with Crippen molar-refractivity contribution in [3.63, 3.8) is 0 Å². The summed E-state index contributed by atoms with van der Waals surface area (Å²) in [6.45, 7) is 6.79. The van der Waals surface area contributed by atoms with Crippen LogP contribution in [-0.2, 0) is 0 Å². The van der Waals surface area contributed by atoms with Crippen LogP contribution in [0.2, 0.25) is 0 Å². The Hall–Kier alpha value is -1.08. The van der Waals surface area contributed by atoms with Gasteiger partial charge in [-0.2, -0.15) is 0 Å². The third-order valence-corrected chi connectivity index (χ3v) is 6.37. The fourth-order valence-corrected chi connectivity index (χ4v) is 4.73. The summed E-state index contributed by atoms with van der Waals surface area (Å²) in [6.07, 6.45) is 9.89. The zero-order valence-electron chi connectivity index (χ0n) is 11.9. The van der Waals surface area contributed by atoms with Crippen LogP contribution in [0.3, 0.4) is 0 Å². The first-order chi connectivity index (χ1) is 8.72. The molecule has 96 valence electrons. The largest absolute Gasteiger partial charge is 0.0835 e. The Labute approximate surface area is 114 Å². The number of unbranched alkanes of at least 4 members (excludes halogenated alkanes) is 1. The lowest BCUT2D eigenvalue weighted by atomic mass is 10.1. The van der Waals surface area contributed by atoms with Crippen LogP contribution in [0.4, 0.5) is 0 Å². The quantitative estimate of drug-likeness (QED) is 0.707. The van der Waals surface area contributed by atoms with Gasteiger partial charge in [-0.15, -0.1) is 0 Å². The number of hydrogen-bond acceptors (Lipinski definition) is 0. The summed E-state index contributed by atoms with van der Waals surface area (Å²) in [6, 6.07) is 6.79. The van der Waals surface area contributed by atoms with Gasteiger partial charge < -0.3 is 0 Å². The lowest BCUT2D eigenvalue weighted by Gasteiger charge is -2.11. The molecule has 0 atom stereocenters. The smallest absolute Gasteiger partial charge is 0.0806 e. The fourth-order valence-electron chi connectivity index (χ4n) is 2.64. The Bertz CT molecular complexity index is 480. The van der Waals surface area contributed by atoms with E-state index in [-0.39, 0.29) is 9.52 Å². The molecule has 0 aromatic heterocycles. The summed E-state index contributed by atoms with van der Waals surface area (Å²) < 4.78 is 0. The molecule has 0 spiro atoms. The van der Waals surface area contributed by atoms with E-state index in [4.69, 9.17) is 0 Å². The SMILES string of the molecule is CCCCC1=C([SiH2]c2cccc(C)c2C)CC=C1. The van der Waals surface area contributed by atoms with E-state index in [0.29, 0.717) is 0 Å². The first-order valence-electron chi connectivity index (χ1n) is 7.15. The minimum absolute atomic E-state index is 0.244. The van der Waals surface area contributed by atoms with Crippen molar-refractivity contribution in [1.82, 2.24) is 0 Å². The maximum Gasteiger partial charge on any atom is 0.0835 e. The fraction of sp³-hybridized carbons (Fsp3) is 0.412. The van der Waals surface area contributed by atoms with Crippen LogP contribution < -0.4 is 5.19 Å². The van der Waals surface area contributed by atoms with Gasteiger partial charge in [-0.05, 0) is 44.2 Å². The molecule has 1 aromatic carbocycles. The normalized spacial score (nSPS) is 15.3. The Kier molecular flexibility index (Phi) is 4.59. The molecular weight excluding hydrogens is 232 g/mol. The molecule has 1 aromatic rings. The molecule has 0 saturated heterocycles. The van der Waals surface area contributed by atoms with Crippen LogP contribution in [0.5, 0.6) is 0 Å². The molecule has 0 fully saturated rings. The Morgan fingerprint density at radius 2 is 2.06 bits per heavy atom. The van der Waals surface area contributed by atoms with Gasteiger partial charge in [-0.25, -0.2) is 0 Å². The third-order valence-electron chi connectivity index (χ3n) is 4.06. The second kappa shape index (κ2) is 6.19.